The van der Waals surface area contributed by atoms with Gasteiger partial charge in [0.1, 0.15) is 5.75 Å². The fourth-order valence-corrected chi connectivity index (χ4v) is 6.74. The van der Waals surface area contributed by atoms with E-state index in [1.807, 2.05) is 6.07 Å². The Morgan fingerprint density at radius 1 is 0.630 bits per heavy atom. The van der Waals surface area contributed by atoms with Crippen LogP contribution in [0.15, 0.2) is 128 Å². The molecule has 0 bridgehead atoms. The zero-order valence-corrected chi connectivity index (χ0v) is 31.8. The SMILES string of the molecule is C=CC(=O)OCCCCCCOc1ccc2cc(-c3ccc(C#Cc4ccc5cc(-c6ccc(NCCCCCC)cc6)ccc5c4)cc3C)ccc2c1. The van der Waals surface area contributed by atoms with Crippen molar-refractivity contribution in [3.63, 3.8) is 0 Å². The number of esters is 1. The third-order valence-electron chi connectivity index (χ3n) is 9.84. The van der Waals surface area contributed by atoms with E-state index in [4.69, 9.17) is 9.47 Å². The number of unbranched alkanes of at least 4 members (excludes halogenated alkanes) is 6. The maximum absolute atomic E-state index is 11.1. The molecule has 0 radical (unpaired) electrons. The van der Waals surface area contributed by atoms with E-state index in [2.05, 4.69) is 147 Å². The number of anilines is 1. The summed E-state index contributed by atoms with van der Waals surface area (Å²) >= 11 is 0. The second kappa shape index (κ2) is 19.3. The van der Waals surface area contributed by atoms with Crippen LogP contribution in [0.25, 0.3) is 43.8 Å². The summed E-state index contributed by atoms with van der Waals surface area (Å²) in [6.45, 7) is 9.95. The van der Waals surface area contributed by atoms with Gasteiger partial charge in [0, 0.05) is 29.4 Å². The van der Waals surface area contributed by atoms with Crippen molar-refractivity contribution in [3.8, 4) is 39.8 Å². The molecule has 0 saturated carbocycles. The van der Waals surface area contributed by atoms with E-state index in [9.17, 15) is 4.79 Å². The summed E-state index contributed by atoms with van der Waals surface area (Å²) in [6, 6.07) is 41.3. The summed E-state index contributed by atoms with van der Waals surface area (Å²) in [5.41, 5.74) is 9.23. The lowest BCUT2D eigenvalue weighted by molar-refractivity contribution is -0.137. The third kappa shape index (κ3) is 10.6. The van der Waals surface area contributed by atoms with Gasteiger partial charge in [0.05, 0.1) is 13.2 Å². The molecule has 6 aromatic rings. The van der Waals surface area contributed by atoms with Gasteiger partial charge in [-0.05, 0) is 149 Å². The van der Waals surface area contributed by atoms with Gasteiger partial charge in [-0.15, -0.1) is 0 Å². The molecule has 6 rings (SSSR count). The molecular formula is C50H51NO3. The smallest absolute Gasteiger partial charge is 0.330 e. The maximum atomic E-state index is 11.1. The van der Waals surface area contributed by atoms with Crippen LogP contribution in [0.3, 0.4) is 0 Å². The molecular weight excluding hydrogens is 663 g/mol. The zero-order chi connectivity index (χ0) is 37.5. The van der Waals surface area contributed by atoms with E-state index in [-0.39, 0.29) is 5.97 Å². The average molecular weight is 714 g/mol. The van der Waals surface area contributed by atoms with Crippen LogP contribution < -0.4 is 10.1 Å². The molecule has 0 spiro atoms. The Kier molecular flexibility index (Phi) is 13.6. The predicted octanol–water partition coefficient (Wildman–Crippen LogP) is 12.7. The van der Waals surface area contributed by atoms with Gasteiger partial charge in [-0.3, -0.25) is 0 Å². The number of benzene rings is 6. The lowest BCUT2D eigenvalue weighted by Gasteiger charge is -2.10. The summed E-state index contributed by atoms with van der Waals surface area (Å²) < 4.78 is 11.0. The summed E-state index contributed by atoms with van der Waals surface area (Å²) in [5.74, 6) is 7.32. The van der Waals surface area contributed by atoms with Gasteiger partial charge < -0.3 is 14.8 Å². The lowest BCUT2D eigenvalue weighted by atomic mass is 9.96. The van der Waals surface area contributed by atoms with E-state index in [1.165, 1.54) is 81.4 Å². The molecule has 0 heterocycles. The summed E-state index contributed by atoms with van der Waals surface area (Å²) in [6.07, 6.45) is 10.1. The van der Waals surface area contributed by atoms with Crippen LogP contribution in [0.5, 0.6) is 5.75 Å². The van der Waals surface area contributed by atoms with Crippen LogP contribution in [0, 0.1) is 18.8 Å². The van der Waals surface area contributed by atoms with Crippen molar-refractivity contribution >= 4 is 33.2 Å². The van der Waals surface area contributed by atoms with E-state index < -0.39 is 0 Å². The highest BCUT2D eigenvalue weighted by Crippen LogP contribution is 2.30. The van der Waals surface area contributed by atoms with Gasteiger partial charge >= 0.3 is 5.97 Å². The highest BCUT2D eigenvalue weighted by Gasteiger charge is 2.07. The van der Waals surface area contributed by atoms with Crippen molar-refractivity contribution in [3.05, 3.63) is 145 Å². The summed E-state index contributed by atoms with van der Waals surface area (Å²) in [4.78, 5) is 11.1. The number of hydrogen-bond acceptors (Lipinski definition) is 4. The topological polar surface area (TPSA) is 47.6 Å². The number of aryl methyl sites for hydroxylation is 1. The third-order valence-corrected chi connectivity index (χ3v) is 9.84. The number of nitrogens with one attached hydrogen (secondary N) is 1. The van der Waals surface area contributed by atoms with E-state index in [0.29, 0.717) is 13.2 Å². The first kappa shape index (κ1) is 38.0. The van der Waals surface area contributed by atoms with Crippen LogP contribution in [0.1, 0.15) is 75.0 Å². The fourth-order valence-electron chi connectivity index (χ4n) is 6.74. The first-order valence-corrected chi connectivity index (χ1v) is 19.5. The molecule has 0 aliphatic carbocycles. The molecule has 4 nitrogen and oxygen atoms in total. The van der Waals surface area contributed by atoms with Crippen molar-refractivity contribution in [1.82, 2.24) is 0 Å². The Hall–Kier alpha value is -5.79. The number of carbonyl (C=O) groups is 1. The van der Waals surface area contributed by atoms with E-state index >= 15 is 0 Å². The minimum absolute atomic E-state index is 0.360. The molecule has 0 atom stereocenters. The predicted molar refractivity (Wildman–Crippen MR) is 227 cm³/mol. The molecule has 274 valence electrons. The molecule has 1 N–H and O–H groups in total. The Bertz CT molecular complexity index is 2260. The molecule has 0 saturated heterocycles. The summed E-state index contributed by atoms with van der Waals surface area (Å²) in [7, 11) is 0. The lowest BCUT2D eigenvalue weighted by Crippen LogP contribution is -2.02. The molecule has 54 heavy (non-hydrogen) atoms. The van der Waals surface area contributed by atoms with Crippen LogP contribution >= 0.6 is 0 Å². The van der Waals surface area contributed by atoms with Crippen molar-refractivity contribution < 1.29 is 14.3 Å². The molecule has 0 aliphatic rings. The average Bonchev–Trinajstić information content (AvgIpc) is 3.20. The summed E-state index contributed by atoms with van der Waals surface area (Å²) in [5, 5.41) is 8.29. The number of fused-ring (bicyclic) bond motifs is 2. The molecule has 0 fully saturated rings. The zero-order valence-electron chi connectivity index (χ0n) is 31.8. The van der Waals surface area contributed by atoms with Crippen molar-refractivity contribution in [1.29, 1.82) is 0 Å². The maximum Gasteiger partial charge on any atom is 0.330 e. The second-order valence-corrected chi connectivity index (χ2v) is 14.0. The van der Waals surface area contributed by atoms with Gasteiger partial charge in [-0.25, -0.2) is 4.79 Å². The number of rotatable bonds is 17. The van der Waals surface area contributed by atoms with Gasteiger partial charge in [-0.2, -0.15) is 0 Å². The first-order chi connectivity index (χ1) is 26.5. The number of hydrogen-bond donors (Lipinski definition) is 1. The van der Waals surface area contributed by atoms with E-state index in [1.54, 1.807) is 0 Å². The van der Waals surface area contributed by atoms with E-state index in [0.717, 1.165) is 54.5 Å². The Balaban J connectivity index is 1.03. The van der Waals surface area contributed by atoms with Crippen molar-refractivity contribution in [2.24, 2.45) is 0 Å². The van der Waals surface area contributed by atoms with Crippen LogP contribution in [-0.2, 0) is 9.53 Å². The molecule has 0 aliphatic heterocycles. The van der Waals surface area contributed by atoms with Crippen molar-refractivity contribution in [2.75, 3.05) is 25.1 Å². The molecule has 6 aromatic carbocycles. The molecule has 4 heteroatoms. The largest absolute Gasteiger partial charge is 0.494 e. The monoisotopic (exact) mass is 713 g/mol. The molecule has 0 amide bonds. The molecule has 0 unspecified atom stereocenters. The molecule has 0 aromatic heterocycles. The highest BCUT2D eigenvalue weighted by molar-refractivity contribution is 5.90. The van der Waals surface area contributed by atoms with Gasteiger partial charge in [-0.1, -0.05) is 99.2 Å². The van der Waals surface area contributed by atoms with Crippen LogP contribution in [0.2, 0.25) is 0 Å². The highest BCUT2D eigenvalue weighted by atomic mass is 16.5. The Morgan fingerprint density at radius 3 is 2.00 bits per heavy atom. The van der Waals surface area contributed by atoms with Crippen molar-refractivity contribution in [2.45, 2.75) is 65.2 Å². The Morgan fingerprint density at radius 2 is 1.24 bits per heavy atom. The minimum Gasteiger partial charge on any atom is -0.494 e. The number of ether oxygens (including phenoxy) is 2. The normalized spacial score (nSPS) is 10.9. The first-order valence-electron chi connectivity index (χ1n) is 19.5. The Labute approximate surface area is 321 Å². The number of carbonyl (C=O) groups excluding carboxylic acids is 1. The second-order valence-electron chi connectivity index (χ2n) is 14.0. The van der Waals surface area contributed by atoms with Gasteiger partial charge in [0.25, 0.3) is 0 Å². The van der Waals surface area contributed by atoms with Crippen LogP contribution in [0.4, 0.5) is 5.69 Å². The van der Waals surface area contributed by atoms with Gasteiger partial charge in [0.2, 0.25) is 0 Å². The quantitative estimate of drug-likeness (QED) is 0.0442. The fraction of sp³-hybridized carbons (Fsp3) is 0.260. The van der Waals surface area contributed by atoms with Gasteiger partial charge in [0.15, 0.2) is 0 Å². The standard InChI is InChI=1S/C50H51NO3/c1-4-6-7-10-29-51-47-25-22-40(23-26-47)42-19-18-41-33-39(15-17-43(41)34-42)14-13-38-16-28-49(37(3)32-38)46-21-20-45-36-48(27-24-44(45)35-46)53-30-11-8-9-12-31-54-50(52)5-2/h5,15-28,32-36,51H,2,4,6-12,29-31H2,1,3H3. The van der Waals surface area contributed by atoms with Crippen LogP contribution in [-0.4, -0.2) is 25.7 Å². The minimum atomic E-state index is -0.360.